The Labute approximate surface area is 112 Å². The van der Waals surface area contributed by atoms with E-state index in [1.165, 1.54) is 6.42 Å². The minimum absolute atomic E-state index is 0.222. The van der Waals surface area contributed by atoms with Crippen molar-refractivity contribution in [3.8, 4) is 0 Å². The summed E-state index contributed by atoms with van der Waals surface area (Å²) >= 11 is 5.88. The second-order valence-electron chi connectivity index (χ2n) is 4.92. The van der Waals surface area contributed by atoms with Gasteiger partial charge in [0.05, 0.1) is 0 Å². The van der Waals surface area contributed by atoms with E-state index in [9.17, 15) is 0 Å². The first kappa shape index (κ1) is 13.3. The summed E-state index contributed by atoms with van der Waals surface area (Å²) in [6.45, 7) is 3.15. The van der Waals surface area contributed by atoms with E-state index in [2.05, 4.69) is 32.2 Å². The number of hydrogen-bond acceptors (Lipinski definition) is 6. The Morgan fingerprint density at radius 2 is 2.17 bits per heavy atom. The molecule has 0 spiro atoms. The number of likely N-dealkylation sites (tertiary alicyclic amines) is 1. The molecule has 0 radical (unpaired) electrons. The first-order valence-electron chi connectivity index (χ1n) is 6.06. The maximum atomic E-state index is 5.88. The highest BCUT2D eigenvalue weighted by Crippen LogP contribution is 2.16. The third-order valence-electron chi connectivity index (χ3n) is 3.03. The summed E-state index contributed by atoms with van der Waals surface area (Å²) < 4.78 is 0. The number of anilines is 2. The average molecular weight is 271 g/mol. The van der Waals surface area contributed by atoms with Gasteiger partial charge in [-0.25, -0.2) is 0 Å². The topological polar surface area (TPSA) is 57.2 Å². The zero-order valence-corrected chi connectivity index (χ0v) is 11.8. The fourth-order valence-corrected chi connectivity index (χ4v) is 2.20. The smallest absolute Gasteiger partial charge is 0.230 e. The summed E-state index contributed by atoms with van der Waals surface area (Å²) in [5.41, 5.74) is 0. The minimum Gasteiger partial charge on any atom is -0.354 e. The molecule has 100 valence electrons. The van der Waals surface area contributed by atoms with Crippen LogP contribution in [-0.2, 0) is 0 Å². The van der Waals surface area contributed by atoms with Crippen molar-refractivity contribution in [2.45, 2.75) is 6.42 Å². The molecule has 1 aromatic heterocycles. The van der Waals surface area contributed by atoms with Gasteiger partial charge in [0.2, 0.25) is 17.2 Å². The van der Waals surface area contributed by atoms with Crippen LogP contribution in [0, 0.1) is 5.92 Å². The van der Waals surface area contributed by atoms with Crippen LogP contribution in [0.4, 0.5) is 11.9 Å². The van der Waals surface area contributed by atoms with Crippen molar-refractivity contribution in [1.82, 2.24) is 19.9 Å². The van der Waals surface area contributed by atoms with Crippen LogP contribution in [0.5, 0.6) is 0 Å². The molecular formula is C11H19ClN6. The van der Waals surface area contributed by atoms with Crippen LogP contribution >= 0.6 is 11.6 Å². The van der Waals surface area contributed by atoms with E-state index in [4.69, 9.17) is 11.6 Å². The zero-order valence-electron chi connectivity index (χ0n) is 11.0. The second-order valence-corrected chi connectivity index (χ2v) is 5.26. The molecule has 1 fully saturated rings. The van der Waals surface area contributed by atoms with E-state index in [0.717, 1.165) is 19.6 Å². The number of nitrogens with zero attached hydrogens (tertiary/aromatic N) is 5. The van der Waals surface area contributed by atoms with E-state index in [0.29, 0.717) is 17.8 Å². The minimum atomic E-state index is 0.222. The lowest BCUT2D eigenvalue weighted by atomic mass is 10.1. The van der Waals surface area contributed by atoms with Gasteiger partial charge >= 0.3 is 0 Å². The van der Waals surface area contributed by atoms with Crippen LogP contribution in [0.25, 0.3) is 0 Å². The van der Waals surface area contributed by atoms with Crippen molar-refractivity contribution >= 4 is 23.5 Å². The third-order valence-corrected chi connectivity index (χ3v) is 3.20. The van der Waals surface area contributed by atoms with Gasteiger partial charge in [-0.1, -0.05) is 0 Å². The molecule has 1 aliphatic rings. The summed E-state index contributed by atoms with van der Waals surface area (Å²) in [4.78, 5) is 16.6. The molecule has 0 saturated carbocycles. The van der Waals surface area contributed by atoms with E-state index < -0.39 is 0 Å². The summed E-state index contributed by atoms with van der Waals surface area (Å²) in [7, 11) is 5.90. The molecule has 2 rings (SSSR count). The zero-order chi connectivity index (χ0) is 13.1. The summed E-state index contributed by atoms with van der Waals surface area (Å²) in [5, 5.41) is 3.47. The SMILES string of the molecule is CN1CCC(CNc2nc(Cl)nc(N(C)C)n2)C1. The van der Waals surface area contributed by atoms with Crippen LogP contribution in [-0.4, -0.2) is 60.6 Å². The molecule has 0 aromatic carbocycles. The average Bonchev–Trinajstić information content (AvgIpc) is 2.72. The molecule has 6 nitrogen and oxygen atoms in total. The molecule has 1 N–H and O–H groups in total. The summed E-state index contributed by atoms with van der Waals surface area (Å²) in [6.07, 6.45) is 1.21. The molecule has 1 unspecified atom stereocenters. The van der Waals surface area contributed by atoms with Crippen molar-refractivity contribution in [3.63, 3.8) is 0 Å². The lowest BCUT2D eigenvalue weighted by Gasteiger charge is -2.14. The monoisotopic (exact) mass is 270 g/mol. The second kappa shape index (κ2) is 5.67. The van der Waals surface area contributed by atoms with Crippen LogP contribution in [0.2, 0.25) is 5.28 Å². The first-order valence-corrected chi connectivity index (χ1v) is 6.43. The van der Waals surface area contributed by atoms with Crippen molar-refractivity contribution < 1.29 is 0 Å². The van der Waals surface area contributed by atoms with Gasteiger partial charge in [-0.05, 0) is 37.5 Å². The molecule has 1 saturated heterocycles. The van der Waals surface area contributed by atoms with Crippen molar-refractivity contribution in [3.05, 3.63) is 5.28 Å². The molecule has 7 heteroatoms. The fourth-order valence-electron chi connectivity index (χ4n) is 2.05. The van der Waals surface area contributed by atoms with Crippen LogP contribution < -0.4 is 10.2 Å². The maximum Gasteiger partial charge on any atom is 0.230 e. The highest BCUT2D eigenvalue weighted by Gasteiger charge is 2.19. The Hall–Kier alpha value is -1.14. The number of hydrogen-bond donors (Lipinski definition) is 1. The predicted octanol–water partition coefficient (Wildman–Crippen LogP) is 0.955. The largest absolute Gasteiger partial charge is 0.354 e. The normalized spacial score (nSPS) is 20.1. The molecule has 2 heterocycles. The molecule has 1 atom stereocenters. The Kier molecular flexibility index (Phi) is 4.19. The van der Waals surface area contributed by atoms with Crippen molar-refractivity contribution in [2.24, 2.45) is 5.92 Å². The third kappa shape index (κ3) is 3.43. The van der Waals surface area contributed by atoms with Crippen molar-refractivity contribution in [1.29, 1.82) is 0 Å². The highest BCUT2D eigenvalue weighted by atomic mass is 35.5. The first-order chi connectivity index (χ1) is 8.54. The van der Waals surface area contributed by atoms with Gasteiger partial charge < -0.3 is 15.1 Å². The molecule has 0 bridgehead atoms. The Morgan fingerprint density at radius 3 is 2.78 bits per heavy atom. The molecule has 1 aliphatic heterocycles. The van der Waals surface area contributed by atoms with Gasteiger partial charge in [-0.15, -0.1) is 0 Å². The van der Waals surface area contributed by atoms with E-state index >= 15 is 0 Å². The number of halogens is 1. The number of rotatable bonds is 4. The Balaban J connectivity index is 1.96. The van der Waals surface area contributed by atoms with Crippen molar-refractivity contribution in [2.75, 3.05) is 51.0 Å². The molecule has 1 aromatic rings. The standard InChI is InChI=1S/C11H19ClN6/c1-17(2)11-15-9(12)14-10(16-11)13-6-8-4-5-18(3)7-8/h8H,4-7H2,1-3H3,(H,13,14,15,16). The lowest BCUT2D eigenvalue weighted by Crippen LogP contribution is -2.21. The van der Waals surface area contributed by atoms with Crippen LogP contribution in [0.3, 0.4) is 0 Å². The lowest BCUT2D eigenvalue weighted by molar-refractivity contribution is 0.399. The van der Waals surface area contributed by atoms with Crippen LogP contribution in [0.1, 0.15) is 6.42 Å². The predicted molar refractivity (Wildman–Crippen MR) is 73.3 cm³/mol. The molecular weight excluding hydrogens is 252 g/mol. The van der Waals surface area contributed by atoms with Gasteiger partial charge in [-0.2, -0.15) is 15.0 Å². The number of nitrogens with one attached hydrogen (secondary N) is 1. The highest BCUT2D eigenvalue weighted by molar-refractivity contribution is 6.28. The maximum absolute atomic E-state index is 5.88. The van der Waals surface area contributed by atoms with Gasteiger partial charge in [0.15, 0.2) is 0 Å². The van der Waals surface area contributed by atoms with E-state index in [1.54, 1.807) is 0 Å². The molecule has 0 aliphatic carbocycles. The van der Waals surface area contributed by atoms with Gasteiger partial charge in [-0.3, -0.25) is 0 Å². The van der Waals surface area contributed by atoms with Gasteiger partial charge in [0.25, 0.3) is 0 Å². The van der Waals surface area contributed by atoms with Gasteiger partial charge in [0, 0.05) is 27.2 Å². The number of aromatic nitrogens is 3. The fraction of sp³-hybridized carbons (Fsp3) is 0.727. The molecule has 0 amide bonds. The summed E-state index contributed by atoms with van der Waals surface area (Å²) in [6, 6.07) is 0. The molecule has 18 heavy (non-hydrogen) atoms. The van der Waals surface area contributed by atoms with Gasteiger partial charge in [0.1, 0.15) is 0 Å². The van der Waals surface area contributed by atoms with E-state index in [1.807, 2.05) is 19.0 Å². The quantitative estimate of drug-likeness (QED) is 0.879. The summed E-state index contributed by atoms with van der Waals surface area (Å²) in [5.74, 6) is 1.77. The Bertz CT molecular complexity index is 411. The Morgan fingerprint density at radius 1 is 1.39 bits per heavy atom. The van der Waals surface area contributed by atoms with Crippen LogP contribution in [0.15, 0.2) is 0 Å². The van der Waals surface area contributed by atoms with E-state index in [-0.39, 0.29) is 5.28 Å².